The largest absolute Gasteiger partial charge is 0.383 e. The van der Waals surface area contributed by atoms with Crippen molar-refractivity contribution in [1.29, 1.82) is 0 Å². The predicted octanol–water partition coefficient (Wildman–Crippen LogP) is 1.99. The molecule has 0 radical (unpaired) electrons. The van der Waals surface area contributed by atoms with Crippen molar-refractivity contribution in [3.05, 3.63) is 33.3 Å². The third-order valence-corrected chi connectivity index (χ3v) is 3.32. The standard InChI is InChI=1S/C12H16ClN3O3/c13-11-9-10(16(17)18)1-2-12(11)14-3-4-15-5-7-19-8-6-15/h1-2,9,14H,3-8H2. The summed E-state index contributed by atoms with van der Waals surface area (Å²) in [4.78, 5) is 12.4. The Kier molecular flexibility index (Phi) is 4.95. The van der Waals surface area contributed by atoms with Crippen molar-refractivity contribution in [2.75, 3.05) is 44.7 Å². The molecule has 0 aliphatic carbocycles. The maximum absolute atomic E-state index is 10.6. The van der Waals surface area contributed by atoms with Crippen molar-refractivity contribution in [2.24, 2.45) is 0 Å². The molecule has 2 rings (SSSR count). The molecule has 19 heavy (non-hydrogen) atoms. The second kappa shape index (κ2) is 6.70. The number of benzene rings is 1. The third kappa shape index (κ3) is 4.05. The van der Waals surface area contributed by atoms with Crippen LogP contribution >= 0.6 is 11.6 Å². The number of anilines is 1. The lowest BCUT2D eigenvalue weighted by Gasteiger charge is -2.26. The number of hydrogen-bond acceptors (Lipinski definition) is 5. The predicted molar refractivity (Wildman–Crippen MR) is 73.9 cm³/mol. The van der Waals surface area contributed by atoms with Gasteiger partial charge in [-0.2, -0.15) is 0 Å². The Labute approximate surface area is 116 Å². The number of non-ortho nitro benzene ring substituents is 1. The molecule has 0 aromatic heterocycles. The summed E-state index contributed by atoms with van der Waals surface area (Å²) in [7, 11) is 0. The van der Waals surface area contributed by atoms with Crippen LogP contribution in [0.1, 0.15) is 0 Å². The summed E-state index contributed by atoms with van der Waals surface area (Å²) in [6.07, 6.45) is 0. The van der Waals surface area contributed by atoms with Crippen LogP contribution in [0, 0.1) is 10.1 Å². The minimum Gasteiger partial charge on any atom is -0.383 e. The molecule has 0 saturated carbocycles. The van der Waals surface area contributed by atoms with Gasteiger partial charge in [0, 0.05) is 38.3 Å². The van der Waals surface area contributed by atoms with Crippen molar-refractivity contribution >= 4 is 23.0 Å². The molecule has 0 spiro atoms. The minimum absolute atomic E-state index is 0.00345. The molecule has 0 atom stereocenters. The Hall–Kier alpha value is -1.37. The van der Waals surface area contributed by atoms with Crippen LogP contribution in [0.25, 0.3) is 0 Å². The summed E-state index contributed by atoms with van der Waals surface area (Å²) >= 11 is 5.99. The molecule has 7 heteroatoms. The van der Waals surface area contributed by atoms with Gasteiger partial charge in [0.25, 0.3) is 5.69 Å². The van der Waals surface area contributed by atoms with Gasteiger partial charge >= 0.3 is 0 Å². The van der Waals surface area contributed by atoms with Crippen LogP contribution in [0.3, 0.4) is 0 Å². The van der Waals surface area contributed by atoms with Crippen molar-refractivity contribution < 1.29 is 9.66 Å². The summed E-state index contributed by atoms with van der Waals surface area (Å²) in [5, 5.41) is 14.2. The highest BCUT2D eigenvalue weighted by Crippen LogP contribution is 2.26. The van der Waals surface area contributed by atoms with E-state index in [0.717, 1.165) is 45.1 Å². The average molecular weight is 286 g/mol. The van der Waals surface area contributed by atoms with E-state index in [4.69, 9.17) is 16.3 Å². The molecule has 1 aliphatic heterocycles. The van der Waals surface area contributed by atoms with Crippen LogP contribution in [0.2, 0.25) is 5.02 Å². The highest BCUT2D eigenvalue weighted by atomic mass is 35.5. The molecule has 1 aliphatic rings. The van der Waals surface area contributed by atoms with E-state index in [1.165, 1.54) is 12.1 Å². The molecule has 104 valence electrons. The lowest BCUT2D eigenvalue weighted by atomic mass is 10.3. The Balaban J connectivity index is 1.83. The number of morpholine rings is 1. The molecule has 1 N–H and O–H groups in total. The molecule has 0 amide bonds. The molecule has 0 bridgehead atoms. The molecular weight excluding hydrogens is 270 g/mol. The van der Waals surface area contributed by atoms with E-state index in [0.29, 0.717) is 5.02 Å². The Morgan fingerprint density at radius 1 is 1.42 bits per heavy atom. The van der Waals surface area contributed by atoms with Gasteiger partial charge in [-0.15, -0.1) is 0 Å². The number of nitrogens with one attached hydrogen (secondary N) is 1. The Morgan fingerprint density at radius 3 is 2.79 bits per heavy atom. The lowest BCUT2D eigenvalue weighted by molar-refractivity contribution is -0.384. The summed E-state index contributed by atoms with van der Waals surface area (Å²) in [6.45, 7) is 5.08. The summed E-state index contributed by atoms with van der Waals surface area (Å²) in [5.41, 5.74) is 0.726. The molecule has 1 aromatic rings. The Bertz CT molecular complexity index is 450. The molecule has 0 unspecified atom stereocenters. The molecule has 1 aromatic carbocycles. The zero-order chi connectivity index (χ0) is 13.7. The van der Waals surface area contributed by atoms with E-state index in [1.54, 1.807) is 6.07 Å². The zero-order valence-electron chi connectivity index (χ0n) is 10.5. The van der Waals surface area contributed by atoms with E-state index in [-0.39, 0.29) is 5.69 Å². The van der Waals surface area contributed by atoms with Crippen LogP contribution < -0.4 is 5.32 Å². The van der Waals surface area contributed by atoms with Crippen molar-refractivity contribution in [1.82, 2.24) is 4.90 Å². The number of nitrogens with zero attached hydrogens (tertiary/aromatic N) is 2. The normalized spacial score (nSPS) is 16.3. The first-order chi connectivity index (χ1) is 9.16. The maximum atomic E-state index is 10.6. The van der Waals surface area contributed by atoms with Crippen molar-refractivity contribution in [3.8, 4) is 0 Å². The van der Waals surface area contributed by atoms with Gasteiger partial charge in [0.05, 0.1) is 28.8 Å². The first kappa shape index (κ1) is 14.0. The fourth-order valence-corrected chi connectivity index (χ4v) is 2.18. The van der Waals surface area contributed by atoms with Gasteiger partial charge in [-0.05, 0) is 6.07 Å². The Morgan fingerprint density at radius 2 is 2.16 bits per heavy atom. The van der Waals surface area contributed by atoms with Crippen LogP contribution in [0.5, 0.6) is 0 Å². The topological polar surface area (TPSA) is 67.6 Å². The van der Waals surface area contributed by atoms with Crippen LogP contribution in [0.15, 0.2) is 18.2 Å². The van der Waals surface area contributed by atoms with E-state index in [9.17, 15) is 10.1 Å². The molecule has 1 heterocycles. The van der Waals surface area contributed by atoms with E-state index in [1.807, 2.05) is 0 Å². The summed E-state index contributed by atoms with van der Waals surface area (Å²) in [5.74, 6) is 0. The van der Waals surface area contributed by atoms with Crippen molar-refractivity contribution in [3.63, 3.8) is 0 Å². The smallest absolute Gasteiger partial charge is 0.271 e. The second-order valence-corrected chi connectivity index (χ2v) is 4.71. The maximum Gasteiger partial charge on any atom is 0.271 e. The average Bonchev–Trinajstić information content (AvgIpc) is 2.41. The number of rotatable bonds is 5. The monoisotopic (exact) mass is 285 g/mol. The quantitative estimate of drug-likeness (QED) is 0.662. The van der Waals surface area contributed by atoms with Gasteiger partial charge in [-0.1, -0.05) is 11.6 Å². The van der Waals surface area contributed by atoms with Crippen molar-refractivity contribution in [2.45, 2.75) is 0 Å². The SMILES string of the molecule is O=[N+]([O-])c1ccc(NCCN2CCOCC2)c(Cl)c1. The van der Waals surface area contributed by atoms with Crippen LogP contribution in [-0.2, 0) is 4.74 Å². The second-order valence-electron chi connectivity index (χ2n) is 4.30. The van der Waals surface area contributed by atoms with E-state index >= 15 is 0 Å². The van der Waals surface area contributed by atoms with Gasteiger partial charge in [0.15, 0.2) is 0 Å². The molecule has 1 saturated heterocycles. The number of hydrogen-bond donors (Lipinski definition) is 1. The molecule has 1 fully saturated rings. The van der Waals surface area contributed by atoms with Gasteiger partial charge in [0.2, 0.25) is 0 Å². The molecular formula is C12H16ClN3O3. The number of halogens is 1. The highest BCUT2D eigenvalue weighted by molar-refractivity contribution is 6.33. The van der Waals surface area contributed by atoms with E-state index in [2.05, 4.69) is 10.2 Å². The summed E-state index contributed by atoms with van der Waals surface area (Å²) in [6, 6.07) is 4.45. The minimum atomic E-state index is -0.455. The first-order valence-electron chi connectivity index (χ1n) is 6.15. The third-order valence-electron chi connectivity index (χ3n) is 3.01. The van der Waals surface area contributed by atoms with Gasteiger partial charge in [-0.3, -0.25) is 15.0 Å². The van der Waals surface area contributed by atoms with E-state index < -0.39 is 4.92 Å². The van der Waals surface area contributed by atoms with Gasteiger partial charge in [-0.25, -0.2) is 0 Å². The number of nitro benzene ring substituents is 1. The molecule has 6 nitrogen and oxygen atoms in total. The highest BCUT2D eigenvalue weighted by Gasteiger charge is 2.11. The fourth-order valence-electron chi connectivity index (χ4n) is 1.93. The van der Waals surface area contributed by atoms with Gasteiger partial charge in [0.1, 0.15) is 0 Å². The van der Waals surface area contributed by atoms with Crippen LogP contribution in [-0.4, -0.2) is 49.2 Å². The summed E-state index contributed by atoms with van der Waals surface area (Å²) < 4.78 is 5.27. The zero-order valence-corrected chi connectivity index (χ0v) is 11.2. The number of ether oxygens (including phenoxy) is 1. The number of nitro groups is 1. The van der Waals surface area contributed by atoms with Crippen LogP contribution in [0.4, 0.5) is 11.4 Å². The first-order valence-corrected chi connectivity index (χ1v) is 6.52. The van der Waals surface area contributed by atoms with Gasteiger partial charge < -0.3 is 10.1 Å². The lowest BCUT2D eigenvalue weighted by Crippen LogP contribution is -2.39. The fraction of sp³-hybridized carbons (Fsp3) is 0.500.